The minimum Gasteiger partial charge on any atom is -0.393 e. The molecule has 4 fully saturated rings. The first-order valence-electron chi connectivity index (χ1n) is 7.28. The molecule has 1 spiro atoms. The highest BCUT2D eigenvalue weighted by atomic mass is 16.6. The molecule has 1 heterocycles. The van der Waals surface area contributed by atoms with Gasteiger partial charge in [-0.2, -0.15) is 0 Å². The monoisotopic (exact) mass is 248 g/mol. The SMILES string of the molecule is CC1CC(C)C2C1C1CC2C2(CC(=O)OC2=O)C1. The highest BCUT2D eigenvalue weighted by Crippen LogP contribution is 2.70. The van der Waals surface area contributed by atoms with Crippen LogP contribution in [-0.4, -0.2) is 11.9 Å². The lowest BCUT2D eigenvalue weighted by atomic mass is 9.62. The number of hydrogen-bond donors (Lipinski definition) is 0. The van der Waals surface area contributed by atoms with Gasteiger partial charge in [0, 0.05) is 0 Å². The van der Waals surface area contributed by atoms with E-state index in [1.165, 1.54) is 6.42 Å². The number of esters is 2. The number of carbonyl (C=O) groups is 2. The second-order valence-corrected chi connectivity index (χ2v) is 7.25. The van der Waals surface area contributed by atoms with Gasteiger partial charge in [-0.05, 0) is 54.8 Å². The van der Waals surface area contributed by atoms with Crippen molar-refractivity contribution in [2.75, 3.05) is 0 Å². The Morgan fingerprint density at radius 3 is 2.50 bits per heavy atom. The molecule has 4 aliphatic rings. The van der Waals surface area contributed by atoms with Crippen LogP contribution in [0.4, 0.5) is 0 Å². The summed E-state index contributed by atoms with van der Waals surface area (Å²) in [6.45, 7) is 4.70. The molecular weight excluding hydrogens is 228 g/mol. The minimum absolute atomic E-state index is 0.204. The fourth-order valence-electron chi connectivity index (χ4n) is 6.19. The molecule has 3 heteroatoms. The quantitative estimate of drug-likeness (QED) is 0.488. The van der Waals surface area contributed by atoms with E-state index in [4.69, 9.17) is 4.74 Å². The maximum atomic E-state index is 12.1. The highest BCUT2D eigenvalue weighted by Gasteiger charge is 2.69. The first kappa shape index (κ1) is 11.0. The van der Waals surface area contributed by atoms with E-state index in [-0.39, 0.29) is 11.9 Å². The molecule has 0 N–H and O–H groups in total. The summed E-state index contributed by atoms with van der Waals surface area (Å²) in [5.41, 5.74) is -0.415. The molecule has 1 aliphatic heterocycles. The predicted molar refractivity (Wildman–Crippen MR) is 64.3 cm³/mol. The van der Waals surface area contributed by atoms with Gasteiger partial charge in [0.05, 0.1) is 11.8 Å². The van der Waals surface area contributed by atoms with Crippen molar-refractivity contribution in [3.8, 4) is 0 Å². The third kappa shape index (κ3) is 1.07. The van der Waals surface area contributed by atoms with Crippen LogP contribution in [-0.2, 0) is 14.3 Å². The van der Waals surface area contributed by atoms with Crippen molar-refractivity contribution in [1.82, 2.24) is 0 Å². The van der Waals surface area contributed by atoms with Gasteiger partial charge >= 0.3 is 11.9 Å². The summed E-state index contributed by atoms with van der Waals surface area (Å²) in [7, 11) is 0. The van der Waals surface area contributed by atoms with Gasteiger partial charge in [-0.25, -0.2) is 0 Å². The first-order valence-corrected chi connectivity index (χ1v) is 7.28. The zero-order valence-electron chi connectivity index (χ0n) is 11.0. The van der Waals surface area contributed by atoms with Crippen molar-refractivity contribution in [1.29, 1.82) is 0 Å². The molecule has 0 amide bonds. The molecule has 2 bridgehead atoms. The van der Waals surface area contributed by atoms with Crippen molar-refractivity contribution >= 4 is 11.9 Å². The van der Waals surface area contributed by atoms with Gasteiger partial charge in [-0.1, -0.05) is 13.8 Å². The Hall–Kier alpha value is -0.860. The Bertz CT molecular complexity index is 443. The van der Waals surface area contributed by atoms with Gasteiger partial charge in [0.2, 0.25) is 0 Å². The van der Waals surface area contributed by atoms with Crippen LogP contribution in [0.3, 0.4) is 0 Å². The van der Waals surface area contributed by atoms with Crippen LogP contribution in [0.1, 0.15) is 39.5 Å². The molecule has 18 heavy (non-hydrogen) atoms. The molecule has 1 saturated heterocycles. The average Bonchev–Trinajstić information content (AvgIpc) is 2.95. The predicted octanol–water partition coefficient (Wildman–Crippen LogP) is 2.39. The molecule has 7 unspecified atom stereocenters. The standard InChI is InChI=1S/C15H20O3/c1-7-3-8(2)13-10-4-9(12(7)13)5-15(10)6-11(16)18-14(15)17/h7-10,12-13H,3-6H2,1-2H3. The normalized spacial score (nSPS) is 57.4. The van der Waals surface area contributed by atoms with E-state index in [9.17, 15) is 9.59 Å². The number of carbonyl (C=O) groups excluding carboxylic acids is 2. The van der Waals surface area contributed by atoms with Crippen molar-refractivity contribution in [2.45, 2.75) is 39.5 Å². The highest BCUT2D eigenvalue weighted by molar-refractivity contribution is 5.98. The zero-order valence-corrected chi connectivity index (χ0v) is 11.0. The van der Waals surface area contributed by atoms with Gasteiger partial charge in [0.25, 0.3) is 0 Å². The van der Waals surface area contributed by atoms with Gasteiger partial charge in [0.1, 0.15) is 0 Å². The summed E-state index contributed by atoms with van der Waals surface area (Å²) < 4.78 is 4.88. The molecule has 4 rings (SSSR count). The van der Waals surface area contributed by atoms with Crippen LogP contribution in [0.5, 0.6) is 0 Å². The second-order valence-electron chi connectivity index (χ2n) is 7.25. The number of fused-ring (bicyclic) bond motifs is 6. The lowest BCUT2D eigenvalue weighted by Gasteiger charge is -2.38. The third-order valence-electron chi connectivity index (χ3n) is 6.48. The summed E-state index contributed by atoms with van der Waals surface area (Å²) in [6, 6.07) is 0. The van der Waals surface area contributed by atoms with Gasteiger partial charge < -0.3 is 4.74 Å². The molecule has 0 radical (unpaired) electrons. The molecule has 3 aliphatic carbocycles. The van der Waals surface area contributed by atoms with E-state index >= 15 is 0 Å². The van der Waals surface area contributed by atoms with Crippen LogP contribution in [0, 0.1) is 40.9 Å². The van der Waals surface area contributed by atoms with Gasteiger partial charge in [0.15, 0.2) is 0 Å². The van der Waals surface area contributed by atoms with Crippen molar-refractivity contribution in [3.63, 3.8) is 0 Å². The first-order chi connectivity index (χ1) is 8.53. The van der Waals surface area contributed by atoms with E-state index < -0.39 is 5.41 Å². The molecular formula is C15H20O3. The summed E-state index contributed by atoms with van der Waals surface area (Å²) in [5.74, 6) is 3.57. The molecule has 0 aromatic carbocycles. The number of rotatable bonds is 0. The lowest BCUT2D eigenvalue weighted by Crippen LogP contribution is -2.41. The number of hydrogen-bond acceptors (Lipinski definition) is 3. The zero-order chi connectivity index (χ0) is 12.7. The van der Waals surface area contributed by atoms with Crippen LogP contribution in [0.25, 0.3) is 0 Å². The smallest absolute Gasteiger partial charge is 0.320 e. The Kier molecular flexibility index (Phi) is 1.94. The van der Waals surface area contributed by atoms with Crippen LogP contribution >= 0.6 is 0 Å². The number of ether oxygens (including phenoxy) is 1. The maximum Gasteiger partial charge on any atom is 0.320 e. The average molecular weight is 248 g/mol. The fraction of sp³-hybridized carbons (Fsp3) is 0.867. The molecule has 7 atom stereocenters. The molecule has 3 nitrogen and oxygen atoms in total. The van der Waals surface area contributed by atoms with Crippen molar-refractivity contribution < 1.29 is 14.3 Å². The Morgan fingerprint density at radius 2 is 1.83 bits per heavy atom. The molecule has 98 valence electrons. The van der Waals surface area contributed by atoms with E-state index in [1.807, 2.05) is 0 Å². The van der Waals surface area contributed by atoms with E-state index in [0.717, 1.165) is 24.7 Å². The molecule has 0 aromatic heterocycles. The maximum absolute atomic E-state index is 12.1. The Balaban J connectivity index is 1.73. The minimum atomic E-state index is -0.415. The van der Waals surface area contributed by atoms with Crippen molar-refractivity contribution in [2.24, 2.45) is 40.9 Å². The van der Waals surface area contributed by atoms with Crippen LogP contribution < -0.4 is 0 Å². The van der Waals surface area contributed by atoms with Gasteiger partial charge in [-0.15, -0.1) is 0 Å². The Morgan fingerprint density at radius 1 is 1.11 bits per heavy atom. The van der Waals surface area contributed by atoms with Crippen LogP contribution in [0.2, 0.25) is 0 Å². The molecule has 0 aromatic rings. The summed E-state index contributed by atoms with van der Waals surface area (Å²) in [5, 5.41) is 0. The second kappa shape index (κ2) is 3.17. The summed E-state index contributed by atoms with van der Waals surface area (Å²) in [6.07, 6.45) is 3.73. The van der Waals surface area contributed by atoms with E-state index in [0.29, 0.717) is 30.1 Å². The van der Waals surface area contributed by atoms with E-state index in [1.54, 1.807) is 0 Å². The number of cyclic esters (lactones) is 2. The van der Waals surface area contributed by atoms with Crippen LogP contribution in [0.15, 0.2) is 0 Å². The summed E-state index contributed by atoms with van der Waals surface area (Å²) in [4.78, 5) is 23.6. The largest absolute Gasteiger partial charge is 0.393 e. The third-order valence-corrected chi connectivity index (χ3v) is 6.48. The van der Waals surface area contributed by atoms with E-state index in [2.05, 4.69) is 13.8 Å². The Labute approximate surface area is 107 Å². The fourth-order valence-corrected chi connectivity index (χ4v) is 6.19. The van der Waals surface area contributed by atoms with Crippen molar-refractivity contribution in [3.05, 3.63) is 0 Å². The van der Waals surface area contributed by atoms with Gasteiger partial charge in [-0.3, -0.25) is 9.59 Å². The topological polar surface area (TPSA) is 43.4 Å². The lowest BCUT2D eigenvalue weighted by molar-refractivity contribution is -0.157. The summed E-state index contributed by atoms with van der Waals surface area (Å²) >= 11 is 0. The molecule has 3 saturated carbocycles.